The first-order chi connectivity index (χ1) is 13.5. The highest BCUT2D eigenvalue weighted by molar-refractivity contribution is 7.89. The molecule has 29 heavy (non-hydrogen) atoms. The van der Waals surface area contributed by atoms with Gasteiger partial charge >= 0.3 is 0 Å². The normalized spacial score (nSPS) is 15.4. The van der Waals surface area contributed by atoms with Crippen LogP contribution in [0.5, 0.6) is 5.75 Å². The van der Waals surface area contributed by atoms with Gasteiger partial charge < -0.3 is 10.4 Å². The average molecular weight is 437 g/mol. The Labute approximate surface area is 176 Å². The first kappa shape index (κ1) is 21.6. The Balaban J connectivity index is 1.92. The third-order valence-corrected chi connectivity index (χ3v) is 7.22. The third kappa shape index (κ3) is 4.57. The van der Waals surface area contributed by atoms with Crippen molar-refractivity contribution in [3.63, 3.8) is 0 Å². The fourth-order valence-corrected chi connectivity index (χ4v) is 4.96. The largest absolute Gasteiger partial charge is 0.506 e. The van der Waals surface area contributed by atoms with Gasteiger partial charge in [0.1, 0.15) is 5.75 Å². The smallest absolute Gasteiger partial charge is 0.257 e. The molecule has 1 fully saturated rings. The van der Waals surface area contributed by atoms with Crippen molar-refractivity contribution < 1.29 is 18.3 Å². The highest BCUT2D eigenvalue weighted by Crippen LogP contribution is 2.32. The summed E-state index contributed by atoms with van der Waals surface area (Å²) in [5.41, 5.74) is 1.04. The molecule has 0 saturated carbocycles. The van der Waals surface area contributed by atoms with Crippen molar-refractivity contribution in [1.82, 2.24) is 4.31 Å². The maximum Gasteiger partial charge on any atom is 0.257 e. The van der Waals surface area contributed by atoms with Crippen molar-refractivity contribution in [2.24, 2.45) is 0 Å². The zero-order valence-electron chi connectivity index (χ0n) is 16.7. The van der Waals surface area contributed by atoms with Crippen molar-refractivity contribution in [2.75, 3.05) is 18.4 Å². The number of carbonyl (C=O) groups is 1. The molecule has 3 rings (SSSR count). The van der Waals surface area contributed by atoms with E-state index in [1.54, 1.807) is 12.1 Å². The fraction of sp³-hybridized carbons (Fsp3) is 0.381. The molecule has 0 unspecified atom stereocenters. The number of nitrogens with zero attached hydrogens (tertiary/aromatic N) is 1. The topological polar surface area (TPSA) is 86.7 Å². The molecular formula is C21H25ClN2O4S. The molecule has 0 aromatic heterocycles. The van der Waals surface area contributed by atoms with Gasteiger partial charge in [0, 0.05) is 13.1 Å². The molecule has 6 nitrogen and oxygen atoms in total. The van der Waals surface area contributed by atoms with Crippen LogP contribution < -0.4 is 5.32 Å². The van der Waals surface area contributed by atoms with Gasteiger partial charge in [0.15, 0.2) is 0 Å². The van der Waals surface area contributed by atoms with Crippen molar-refractivity contribution >= 4 is 33.2 Å². The molecule has 1 aliphatic heterocycles. The molecule has 2 N–H and O–H groups in total. The van der Waals surface area contributed by atoms with E-state index in [1.165, 1.54) is 28.6 Å². The first-order valence-electron chi connectivity index (χ1n) is 9.45. The predicted molar refractivity (Wildman–Crippen MR) is 114 cm³/mol. The molecule has 1 saturated heterocycles. The number of phenolic OH excluding ortho intramolecular Hbond substituents is 1. The zero-order chi connectivity index (χ0) is 21.4. The van der Waals surface area contributed by atoms with Gasteiger partial charge in [-0.2, -0.15) is 4.31 Å². The lowest BCUT2D eigenvalue weighted by molar-refractivity contribution is 0.102. The third-order valence-electron chi connectivity index (χ3n) is 5.00. The molecule has 0 spiro atoms. The van der Waals surface area contributed by atoms with Gasteiger partial charge in [-0.25, -0.2) is 8.42 Å². The van der Waals surface area contributed by atoms with Crippen molar-refractivity contribution in [3.8, 4) is 5.75 Å². The predicted octanol–water partition coefficient (Wildman–Crippen LogP) is 4.38. The van der Waals surface area contributed by atoms with Crippen LogP contribution in [0.3, 0.4) is 0 Å². The summed E-state index contributed by atoms with van der Waals surface area (Å²) in [6.07, 6.45) is 1.65. The van der Waals surface area contributed by atoms with E-state index in [0.29, 0.717) is 13.1 Å². The second-order valence-corrected chi connectivity index (χ2v) is 10.5. The minimum absolute atomic E-state index is 0.0293. The second-order valence-electron chi connectivity index (χ2n) is 8.19. The monoisotopic (exact) mass is 436 g/mol. The number of halogens is 1. The van der Waals surface area contributed by atoms with E-state index < -0.39 is 15.9 Å². The number of benzene rings is 2. The fourth-order valence-electron chi connectivity index (χ4n) is 3.21. The van der Waals surface area contributed by atoms with Crippen LogP contribution in [0.15, 0.2) is 41.3 Å². The standard InChI is InChI=1S/C21H25ClN2O4S/c1-21(2,3)14-6-9-19(25)18(12-14)23-20(26)16-13-15(7-8-17(16)22)29(27,28)24-10-4-5-11-24/h6-9,12-13,25H,4-5,10-11H2,1-3H3,(H,23,26). The Morgan fingerprint density at radius 1 is 1.10 bits per heavy atom. The molecule has 0 bridgehead atoms. The van der Waals surface area contributed by atoms with Crippen LogP contribution in [-0.4, -0.2) is 36.8 Å². The second kappa shape index (κ2) is 7.97. The Kier molecular flexibility index (Phi) is 5.94. The molecule has 2 aromatic carbocycles. The maximum atomic E-state index is 12.8. The number of hydrogen-bond donors (Lipinski definition) is 2. The van der Waals surface area contributed by atoms with Crippen LogP contribution in [0.1, 0.15) is 49.5 Å². The summed E-state index contributed by atoms with van der Waals surface area (Å²) in [5, 5.41) is 12.9. The van der Waals surface area contributed by atoms with Crippen LogP contribution in [0.4, 0.5) is 5.69 Å². The van der Waals surface area contributed by atoms with Crippen molar-refractivity contribution in [3.05, 3.63) is 52.5 Å². The summed E-state index contributed by atoms with van der Waals surface area (Å²) in [6, 6.07) is 9.12. The number of phenols is 1. The summed E-state index contributed by atoms with van der Waals surface area (Å²) in [4.78, 5) is 12.9. The van der Waals surface area contributed by atoms with E-state index >= 15 is 0 Å². The highest BCUT2D eigenvalue weighted by Gasteiger charge is 2.28. The van der Waals surface area contributed by atoms with Crippen LogP contribution in [0.25, 0.3) is 0 Å². The summed E-state index contributed by atoms with van der Waals surface area (Å²) in [6.45, 7) is 7.01. The Hall–Kier alpha value is -2.09. The van der Waals surface area contributed by atoms with Gasteiger partial charge in [0.05, 0.1) is 21.2 Å². The number of hydrogen-bond acceptors (Lipinski definition) is 4. The molecular weight excluding hydrogens is 412 g/mol. The molecule has 1 aliphatic rings. The van der Waals surface area contributed by atoms with Crippen molar-refractivity contribution in [2.45, 2.75) is 43.9 Å². The number of amides is 1. The average Bonchev–Trinajstić information content (AvgIpc) is 3.18. The summed E-state index contributed by atoms with van der Waals surface area (Å²) >= 11 is 6.18. The van der Waals surface area contributed by atoms with Crippen LogP contribution in [0.2, 0.25) is 5.02 Å². The van der Waals surface area contributed by atoms with Crippen LogP contribution in [-0.2, 0) is 15.4 Å². The lowest BCUT2D eigenvalue weighted by atomic mass is 9.87. The van der Waals surface area contributed by atoms with Crippen LogP contribution in [0, 0.1) is 0 Å². The Bertz CT molecular complexity index is 1040. The van der Waals surface area contributed by atoms with Gasteiger partial charge in [0.2, 0.25) is 10.0 Å². The SMILES string of the molecule is CC(C)(C)c1ccc(O)c(NC(=O)c2cc(S(=O)(=O)N3CCCC3)ccc2Cl)c1. The summed E-state index contributed by atoms with van der Waals surface area (Å²) < 4.78 is 27.0. The minimum atomic E-state index is -3.67. The van der Waals surface area contributed by atoms with Gasteiger partial charge in [-0.3, -0.25) is 4.79 Å². The molecule has 0 radical (unpaired) electrons. The van der Waals surface area contributed by atoms with Gasteiger partial charge in [0.25, 0.3) is 5.91 Å². The van der Waals surface area contributed by atoms with Crippen LogP contribution >= 0.6 is 11.6 Å². The lowest BCUT2D eigenvalue weighted by Gasteiger charge is -2.20. The molecule has 8 heteroatoms. The molecule has 156 valence electrons. The Morgan fingerprint density at radius 2 is 1.76 bits per heavy atom. The van der Waals surface area contributed by atoms with Gasteiger partial charge in [-0.05, 0) is 54.2 Å². The number of carbonyl (C=O) groups excluding carboxylic acids is 1. The van der Waals surface area contributed by atoms with E-state index in [9.17, 15) is 18.3 Å². The number of aromatic hydroxyl groups is 1. The van der Waals surface area contributed by atoms with E-state index in [-0.39, 0.29) is 32.3 Å². The Morgan fingerprint density at radius 3 is 2.38 bits per heavy atom. The minimum Gasteiger partial charge on any atom is -0.506 e. The quantitative estimate of drug-likeness (QED) is 0.696. The zero-order valence-corrected chi connectivity index (χ0v) is 18.3. The van der Waals surface area contributed by atoms with E-state index in [2.05, 4.69) is 5.32 Å². The number of sulfonamides is 1. The first-order valence-corrected chi connectivity index (χ1v) is 11.3. The molecule has 1 heterocycles. The van der Waals surface area contributed by atoms with E-state index in [4.69, 9.17) is 11.6 Å². The lowest BCUT2D eigenvalue weighted by Crippen LogP contribution is -2.28. The van der Waals surface area contributed by atoms with Gasteiger partial charge in [-0.15, -0.1) is 0 Å². The molecule has 0 atom stereocenters. The summed E-state index contributed by atoms with van der Waals surface area (Å²) in [5.74, 6) is -0.668. The van der Waals surface area contributed by atoms with Gasteiger partial charge in [-0.1, -0.05) is 38.4 Å². The van der Waals surface area contributed by atoms with E-state index in [1.807, 2.05) is 20.8 Å². The highest BCUT2D eigenvalue weighted by atomic mass is 35.5. The molecule has 1 amide bonds. The summed E-state index contributed by atoms with van der Waals surface area (Å²) in [7, 11) is -3.67. The van der Waals surface area contributed by atoms with Crippen molar-refractivity contribution in [1.29, 1.82) is 0 Å². The number of rotatable bonds is 4. The molecule has 2 aromatic rings. The van der Waals surface area contributed by atoms with E-state index in [0.717, 1.165) is 18.4 Å². The molecule has 0 aliphatic carbocycles. The maximum absolute atomic E-state index is 12.8. The number of anilines is 1. The number of nitrogens with one attached hydrogen (secondary N) is 1.